The highest BCUT2D eigenvalue weighted by atomic mass is 35.5. The van der Waals surface area contributed by atoms with Gasteiger partial charge in [-0.1, -0.05) is 109 Å². The van der Waals surface area contributed by atoms with Crippen LogP contribution in [0.5, 0.6) is 0 Å². The molecule has 17 nitrogen and oxygen atoms in total. The first-order valence-electron chi connectivity index (χ1n) is 40.3. The van der Waals surface area contributed by atoms with Crippen LogP contribution in [-0.4, -0.2) is 180 Å². The van der Waals surface area contributed by atoms with Crippen molar-refractivity contribution >= 4 is 117 Å². The van der Waals surface area contributed by atoms with E-state index in [1.807, 2.05) is 54.6 Å². The summed E-state index contributed by atoms with van der Waals surface area (Å²) in [6.07, 6.45) is 6.06. The van der Waals surface area contributed by atoms with Gasteiger partial charge in [-0.3, -0.25) is 14.4 Å². The lowest BCUT2D eigenvalue weighted by atomic mass is 9.86. The van der Waals surface area contributed by atoms with Gasteiger partial charge < -0.3 is 63.5 Å². The quantitative estimate of drug-likeness (QED) is 0.00403. The second-order valence-corrected chi connectivity index (χ2v) is 35.3. The summed E-state index contributed by atoms with van der Waals surface area (Å²) in [4.78, 5) is 47.5. The lowest BCUT2D eigenvalue weighted by molar-refractivity contribution is -0.145. The molecule has 0 aliphatic heterocycles. The molecule has 4 saturated carbocycles. The molecule has 0 amide bonds. The number of hydrogen-bond donors (Lipinski definition) is 6. The van der Waals surface area contributed by atoms with Crippen LogP contribution in [0, 0.1) is 47.3 Å². The first-order valence-corrected chi connectivity index (χ1v) is 45.3. The number of allylic oxidation sites excluding steroid dienone is 2. The number of rotatable bonds is 45. The minimum Gasteiger partial charge on any atom is -0.463 e. The maximum Gasteiger partial charge on any atom is 0.416 e. The molecule has 1 heterocycles. The molecular formula is C86H111Cl5F8O17S3. The number of carbonyl (C=O) groups excluding carboxylic acids is 4. The number of aliphatic hydroxyl groups excluding tert-OH is 6. The zero-order valence-electron chi connectivity index (χ0n) is 66.3. The average Bonchev–Trinajstić information content (AvgIpc) is 1.55. The average molecular weight is 1840 g/mol. The fourth-order valence-corrected chi connectivity index (χ4v) is 20.2. The van der Waals surface area contributed by atoms with E-state index in [-0.39, 0.29) is 153 Å². The lowest BCUT2D eigenvalue weighted by Crippen LogP contribution is -2.27. The van der Waals surface area contributed by atoms with Crippen LogP contribution < -0.4 is 0 Å². The first-order chi connectivity index (χ1) is 57.0. The van der Waals surface area contributed by atoms with Gasteiger partial charge in [0.05, 0.1) is 68.0 Å². The van der Waals surface area contributed by atoms with E-state index in [4.69, 9.17) is 111 Å². The molecule has 0 bridgehead atoms. The zero-order chi connectivity index (χ0) is 86.7. The van der Waals surface area contributed by atoms with Crippen LogP contribution >= 0.6 is 93.3 Å². The number of furan rings is 1. The Balaban J connectivity index is 0.000000247. The predicted molar refractivity (Wildman–Crippen MR) is 448 cm³/mol. The van der Waals surface area contributed by atoms with E-state index in [9.17, 15) is 64.5 Å². The second-order valence-electron chi connectivity index (χ2n) is 29.6. The van der Waals surface area contributed by atoms with Gasteiger partial charge in [0.25, 0.3) is 0 Å². The normalized spacial score (nSPS) is 22.8. The number of aryl methyl sites for hydroxylation is 1. The summed E-state index contributed by atoms with van der Waals surface area (Å²) in [5.74, 6) is 0.780. The smallest absolute Gasteiger partial charge is 0.416 e. The van der Waals surface area contributed by atoms with Gasteiger partial charge in [0, 0.05) is 109 Å². The Morgan fingerprint density at radius 2 is 1.05 bits per heavy atom. The predicted octanol–water partition coefficient (Wildman–Crippen LogP) is 20.1. The maximum absolute atomic E-state index is 14.4. The van der Waals surface area contributed by atoms with E-state index in [1.165, 1.54) is 23.4 Å². The molecule has 0 saturated heterocycles. The molecule has 5 aromatic rings. The number of esters is 4. The highest BCUT2D eigenvalue weighted by Crippen LogP contribution is 2.46. The Morgan fingerprint density at radius 1 is 0.496 bits per heavy atom. The lowest BCUT2D eigenvalue weighted by Gasteiger charge is -2.23. The minimum atomic E-state index is -4.88. The van der Waals surface area contributed by atoms with Crippen molar-refractivity contribution in [3.8, 4) is 0 Å². The summed E-state index contributed by atoms with van der Waals surface area (Å²) in [7, 11) is 0. The monoisotopic (exact) mass is 1840 g/mol. The van der Waals surface area contributed by atoms with E-state index in [2.05, 4.69) is 24.3 Å². The molecule has 666 valence electrons. The molecule has 1 aromatic heterocycles. The van der Waals surface area contributed by atoms with Crippen molar-refractivity contribution in [3.05, 3.63) is 159 Å². The highest BCUT2D eigenvalue weighted by molar-refractivity contribution is 7.99. The molecular weight excluding hydrogens is 1730 g/mol. The molecule has 0 spiro atoms. The third-order valence-corrected chi connectivity index (χ3v) is 26.4. The van der Waals surface area contributed by atoms with E-state index in [0.29, 0.717) is 128 Å². The van der Waals surface area contributed by atoms with Crippen molar-refractivity contribution in [2.75, 3.05) is 89.9 Å². The first kappa shape index (κ1) is 103. The number of aliphatic hydroxyl groups is 6. The van der Waals surface area contributed by atoms with Gasteiger partial charge in [0.15, 0.2) is 0 Å². The Bertz CT molecular complexity index is 3710. The van der Waals surface area contributed by atoms with Gasteiger partial charge in [0.1, 0.15) is 51.1 Å². The van der Waals surface area contributed by atoms with E-state index < -0.39 is 60.0 Å². The number of carbonyl (C=O) groups is 4. The van der Waals surface area contributed by atoms with Crippen molar-refractivity contribution in [1.82, 2.24) is 0 Å². The largest absolute Gasteiger partial charge is 0.463 e. The summed E-state index contributed by atoms with van der Waals surface area (Å²) in [6, 6.07) is 28.1. The van der Waals surface area contributed by atoms with Crippen molar-refractivity contribution in [1.29, 1.82) is 0 Å². The van der Waals surface area contributed by atoms with Gasteiger partial charge in [-0.05, 0) is 180 Å². The molecule has 14 atom stereocenters. The Labute approximate surface area is 729 Å². The molecule has 33 heteroatoms. The highest BCUT2D eigenvalue weighted by Gasteiger charge is 2.44. The van der Waals surface area contributed by atoms with Crippen LogP contribution in [0.1, 0.15) is 161 Å². The van der Waals surface area contributed by atoms with Gasteiger partial charge >= 0.3 is 36.2 Å². The van der Waals surface area contributed by atoms with E-state index >= 15 is 0 Å². The summed E-state index contributed by atoms with van der Waals surface area (Å²) in [5.41, 5.74) is -1.31. The molecule has 9 rings (SSSR count). The number of ether oxygens (including phenoxy) is 6. The number of benzene rings is 4. The topological polar surface area (TPSA) is 258 Å². The molecule has 6 unspecified atom stereocenters. The Hall–Kier alpha value is -4.60. The molecule has 0 radical (unpaired) electrons. The van der Waals surface area contributed by atoms with Gasteiger partial charge in [-0.2, -0.15) is 26.3 Å². The van der Waals surface area contributed by atoms with Crippen LogP contribution in [0.2, 0.25) is 15.1 Å². The summed E-state index contributed by atoms with van der Waals surface area (Å²) in [5, 5.41) is 56.7. The Kier molecular flexibility index (Phi) is 48.9. The summed E-state index contributed by atoms with van der Waals surface area (Å²) < 4.78 is 143. The van der Waals surface area contributed by atoms with Crippen LogP contribution in [0.15, 0.2) is 134 Å². The number of hydrogen-bond acceptors (Lipinski definition) is 20. The fraction of sp³-hybridized carbons (Fsp3) is 0.605. The van der Waals surface area contributed by atoms with Crippen LogP contribution in [0.3, 0.4) is 0 Å². The molecule has 4 aliphatic carbocycles. The van der Waals surface area contributed by atoms with E-state index in [0.717, 1.165) is 91.5 Å². The molecule has 119 heavy (non-hydrogen) atoms. The Morgan fingerprint density at radius 3 is 1.69 bits per heavy atom. The zero-order valence-corrected chi connectivity index (χ0v) is 72.5. The number of unbranched alkanes of at least 4 members (excludes halogenated alkanes) is 5. The van der Waals surface area contributed by atoms with Crippen LogP contribution in [0.4, 0.5) is 35.1 Å². The van der Waals surface area contributed by atoms with Gasteiger partial charge in [0.2, 0.25) is 5.76 Å². The number of halogens is 13. The SMILES string of the molecule is O=C(CCC/C=C\C[C@H]1C(F)CC(O)[C@@H]1CSc1cc(Cl)cc(Cl)c1)OCCO.O=C(CCCCCC[C@H]1C(F)CC[C@@H]1CCc1ccccc1)OCCO.O=C(CCCCOC[C@H]1C(Cl)CC[C@@H]1CSc1cc(C(F)(F)F)cc(C(F)(F)F)c1)OCCO.O=C(OCCO)c1ccc(COC[C@H]2C(Cl)CC(O)[C@@H]2CSc2ccccc2Cl)o1. The molecule has 4 aromatic carbocycles. The van der Waals surface area contributed by atoms with Crippen molar-refractivity contribution < 1.29 is 118 Å². The minimum absolute atomic E-state index is 0.00941. The molecule has 4 fully saturated rings. The second kappa shape index (κ2) is 56.4. The summed E-state index contributed by atoms with van der Waals surface area (Å²) in [6.45, 7) is 0.470. The van der Waals surface area contributed by atoms with E-state index in [1.54, 1.807) is 23.9 Å². The third-order valence-electron chi connectivity index (χ3n) is 21.0. The fourth-order valence-electron chi connectivity index (χ4n) is 14.7. The van der Waals surface area contributed by atoms with Crippen molar-refractivity contribution in [3.63, 3.8) is 0 Å². The van der Waals surface area contributed by atoms with Crippen LogP contribution in [0.25, 0.3) is 0 Å². The molecule has 6 N–H and O–H groups in total. The van der Waals surface area contributed by atoms with Gasteiger partial charge in [-0.25, -0.2) is 13.6 Å². The maximum atomic E-state index is 14.4. The number of thioether (sulfide) groups is 3. The van der Waals surface area contributed by atoms with Crippen molar-refractivity contribution in [2.24, 2.45) is 47.3 Å². The number of alkyl halides is 10. The van der Waals surface area contributed by atoms with Crippen LogP contribution in [-0.2, 0) is 68.2 Å². The standard InChI is InChI=1S/C22H27ClF6O4S.C22H33FO3.C21H27Cl2FO4S.C21H24Cl2O6S/c23-19-5-4-14(18(19)12-32-7-2-1-3-20(31)33-8-6-30)13-34-17-10-15(21(24,25)26)9-16(11-17)22(27,28)29;23-21-15-14-19(13-12-18-8-4-3-5-9-18)20(21)10-6-1-2-7-11-22(25)26-17-16-24;22-14-9-15(23)11-16(10-14)29-13-18-17(19(24)12-20(18)26)5-3-1-2-4-6-21(27)28-8-7-25;22-16-3-1-2-4-20(16)30-12-15-14(17(23)9-18(15)25)11-27-10-13-5-6-19(29-13)21(26)28-8-7-24/h9-11,14,18-19,30H,1-8,12-13H2;3-5,8-9,19-21,24H,1-2,6-7,10-17H2;1,3,9-11,17-20,25-26H,2,4-8,12-13H2;1-6,14-15,17-18,24-25H,7-12H2/b;;3-1-;/t14-,18-,19?;19-,20+,21?;17-,18-,19?,20?;14-,15-,17?,18?/m1011/s1. The van der Waals surface area contributed by atoms with Gasteiger partial charge in [-0.15, -0.1) is 58.5 Å². The third kappa shape index (κ3) is 38.8. The summed E-state index contributed by atoms with van der Waals surface area (Å²) >= 11 is 35.2. The molecule has 4 aliphatic rings. The van der Waals surface area contributed by atoms with Crippen molar-refractivity contribution in [2.45, 2.75) is 204 Å².